The molecule has 112 valence electrons. The van der Waals surface area contributed by atoms with Gasteiger partial charge >= 0.3 is 5.97 Å². The van der Waals surface area contributed by atoms with Gasteiger partial charge < -0.3 is 5.11 Å². The average Bonchev–Trinajstić information content (AvgIpc) is 2.43. The molecule has 3 heteroatoms. The Morgan fingerprint density at radius 1 is 1.10 bits per heavy atom. The Balaban J connectivity index is 2.33. The molecule has 1 aromatic rings. The molecule has 1 N–H and O–H groups in total. The van der Waals surface area contributed by atoms with Gasteiger partial charge in [-0.1, -0.05) is 57.6 Å². The van der Waals surface area contributed by atoms with E-state index in [1.165, 1.54) is 37.8 Å². The Labute approximate surface area is 121 Å². The molecule has 2 nitrogen and oxygen atoms in total. The summed E-state index contributed by atoms with van der Waals surface area (Å²) in [6.07, 6.45) is 8.18. The lowest BCUT2D eigenvalue weighted by Crippen LogP contribution is -2.16. The van der Waals surface area contributed by atoms with Crippen molar-refractivity contribution >= 4 is 5.97 Å². The summed E-state index contributed by atoms with van der Waals surface area (Å²) >= 11 is 0. The van der Waals surface area contributed by atoms with Crippen LogP contribution >= 0.6 is 0 Å². The van der Waals surface area contributed by atoms with Gasteiger partial charge in [0.05, 0.1) is 5.92 Å². The molecule has 0 aliphatic carbocycles. The van der Waals surface area contributed by atoms with Gasteiger partial charge in [0.15, 0.2) is 0 Å². The molecular formula is C17H25FO2. The van der Waals surface area contributed by atoms with Gasteiger partial charge in [-0.05, 0) is 30.5 Å². The van der Waals surface area contributed by atoms with Crippen LogP contribution in [0, 0.1) is 11.7 Å². The molecule has 0 saturated carbocycles. The number of carbonyl (C=O) groups is 1. The summed E-state index contributed by atoms with van der Waals surface area (Å²) in [6.45, 7) is 2.18. The molecule has 0 amide bonds. The third-order valence-corrected chi connectivity index (χ3v) is 3.65. The molecule has 1 unspecified atom stereocenters. The molecular weight excluding hydrogens is 255 g/mol. The second kappa shape index (κ2) is 9.51. The Morgan fingerprint density at radius 2 is 1.70 bits per heavy atom. The SMILES string of the molecule is CCCCCCCCC(Cc1ccc(F)cc1)C(=O)O. The van der Waals surface area contributed by atoms with Crippen LogP contribution in [0.25, 0.3) is 0 Å². The molecule has 0 heterocycles. The van der Waals surface area contributed by atoms with Crippen molar-refractivity contribution in [1.82, 2.24) is 0 Å². The first-order chi connectivity index (χ1) is 9.63. The fourth-order valence-electron chi connectivity index (χ4n) is 2.39. The minimum atomic E-state index is -0.747. The summed E-state index contributed by atoms with van der Waals surface area (Å²) in [7, 11) is 0. The Bertz CT molecular complexity index is 386. The van der Waals surface area contributed by atoms with Crippen molar-refractivity contribution in [3.05, 3.63) is 35.6 Å². The number of halogens is 1. The van der Waals surface area contributed by atoms with Crippen LogP contribution < -0.4 is 0 Å². The molecule has 0 fully saturated rings. The number of carboxylic acids is 1. The minimum Gasteiger partial charge on any atom is -0.481 e. The topological polar surface area (TPSA) is 37.3 Å². The first-order valence-electron chi connectivity index (χ1n) is 7.60. The van der Waals surface area contributed by atoms with Crippen LogP contribution in [0.4, 0.5) is 4.39 Å². The van der Waals surface area contributed by atoms with Gasteiger partial charge in [-0.15, -0.1) is 0 Å². The zero-order valence-corrected chi connectivity index (χ0v) is 12.3. The minimum absolute atomic E-state index is 0.281. The number of hydrogen-bond acceptors (Lipinski definition) is 1. The summed E-state index contributed by atoms with van der Waals surface area (Å²) in [5, 5.41) is 9.26. The van der Waals surface area contributed by atoms with E-state index < -0.39 is 5.97 Å². The number of benzene rings is 1. The molecule has 1 atom stereocenters. The number of unbranched alkanes of at least 4 members (excludes halogenated alkanes) is 5. The van der Waals surface area contributed by atoms with E-state index in [0.29, 0.717) is 12.8 Å². The van der Waals surface area contributed by atoms with Gasteiger partial charge in [0.2, 0.25) is 0 Å². The first kappa shape index (κ1) is 16.7. The van der Waals surface area contributed by atoms with E-state index in [-0.39, 0.29) is 11.7 Å². The van der Waals surface area contributed by atoms with E-state index in [1.807, 2.05) is 0 Å². The van der Waals surface area contributed by atoms with Crippen LogP contribution in [-0.4, -0.2) is 11.1 Å². The van der Waals surface area contributed by atoms with Crippen LogP contribution in [0.5, 0.6) is 0 Å². The summed E-state index contributed by atoms with van der Waals surface area (Å²) in [5.41, 5.74) is 0.893. The highest BCUT2D eigenvalue weighted by Gasteiger charge is 2.17. The van der Waals surface area contributed by atoms with E-state index in [2.05, 4.69) is 6.92 Å². The summed E-state index contributed by atoms with van der Waals surface area (Å²) in [6, 6.07) is 6.12. The van der Waals surface area contributed by atoms with Crippen LogP contribution in [0.15, 0.2) is 24.3 Å². The summed E-state index contributed by atoms with van der Waals surface area (Å²) in [5.74, 6) is -1.38. The van der Waals surface area contributed by atoms with E-state index in [0.717, 1.165) is 18.4 Å². The van der Waals surface area contributed by atoms with Crippen molar-refractivity contribution < 1.29 is 14.3 Å². The number of aliphatic carboxylic acids is 1. The fourth-order valence-corrected chi connectivity index (χ4v) is 2.39. The highest BCUT2D eigenvalue weighted by molar-refractivity contribution is 5.70. The standard InChI is InChI=1S/C17H25FO2/c1-2-3-4-5-6-7-8-15(17(19)20)13-14-9-11-16(18)12-10-14/h9-12,15H,2-8,13H2,1H3,(H,19,20). The predicted octanol–water partition coefficient (Wildman–Crippen LogP) is 4.82. The number of rotatable bonds is 10. The van der Waals surface area contributed by atoms with Crippen molar-refractivity contribution in [3.63, 3.8) is 0 Å². The molecule has 0 saturated heterocycles. The summed E-state index contributed by atoms with van der Waals surface area (Å²) in [4.78, 5) is 11.3. The van der Waals surface area contributed by atoms with E-state index in [4.69, 9.17) is 0 Å². The molecule has 0 aliphatic heterocycles. The highest BCUT2D eigenvalue weighted by atomic mass is 19.1. The maximum atomic E-state index is 12.8. The molecule has 0 aromatic heterocycles. The smallest absolute Gasteiger partial charge is 0.306 e. The van der Waals surface area contributed by atoms with Crippen LogP contribution in [0.1, 0.15) is 57.4 Å². The fraction of sp³-hybridized carbons (Fsp3) is 0.588. The Hall–Kier alpha value is -1.38. The van der Waals surface area contributed by atoms with E-state index in [1.54, 1.807) is 12.1 Å². The molecule has 20 heavy (non-hydrogen) atoms. The number of carboxylic acid groups (broad SMARTS) is 1. The largest absolute Gasteiger partial charge is 0.481 e. The molecule has 1 aromatic carbocycles. The summed E-state index contributed by atoms with van der Waals surface area (Å²) < 4.78 is 12.8. The molecule has 1 rings (SSSR count). The van der Waals surface area contributed by atoms with Crippen LogP contribution in [-0.2, 0) is 11.2 Å². The zero-order valence-electron chi connectivity index (χ0n) is 12.3. The molecule has 0 spiro atoms. The zero-order chi connectivity index (χ0) is 14.8. The van der Waals surface area contributed by atoms with Crippen molar-refractivity contribution in [2.75, 3.05) is 0 Å². The average molecular weight is 280 g/mol. The highest BCUT2D eigenvalue weighted by Crippen LogP contribution is 2.18. The second-order valence-electron chi connectivity index (χ2n) is 5.42. The van der Waals surface area contributed by atoms with Crippen molar-refractivity contribution in [2.24, 2.45) is 5.92 Å². The Morgan fingerprint density at radius 3 is 2.30 bits per heavy atom. The van der Waals surface area contributed by atoms with Gasteiger partial charge in [0.1, 0.15) is 5.82 Å². The maximum absolute atomic E-state index is 12.8. The molecule has 0 aliphatic rings. The van der Waals surface area contributed by atoms with Crippen molar-refractivity contribution in [3.8, 4) is 0 Å². The van der Waals surface area contributed by atoms with E-state index >= 15 is 0 Å². The molecule has 0 bridgehead atoms. The monoisotopic (exact) mass is 280 g/mol. The normalized spacial score (nSPS) is 12.3. The lowest BCUT2D eigenvalue weighted by Gasteiger charge is -2.12. The van der Waals surface area contributed by atoms with Gasteiger partial charge in [0, 0.05) is 0 Å². The van der Waals surface area contributed by atoms with Crippen LogP contribution in [0.3, 0.4) is 0 Å². The van der Waals surface area contributed by atoms with E-state index in [9.17, 15) is 14.3 Å². The lowest BCUT2D eigenvalue weighted by molar-refractivity contribution is -0.142. The second-order valence-corrected chi connectivity index (χ2v) is 5.42. The van der Waals surface area contributed by atoms with Crippen LogP contribution in [0.2, 0.25) is 0 Å². The predicted molar refractivity (Wildman–Crippen MR) is 79.2 cm³/mol. The third kappa shape index (κ3) is 6.69. The first-order valence-corrected chi connectivity index (χ1v) is 7.60. The third-order valence-electron chi connectivity index (χ3n) is 3.65. The van der Waals surface area contributed by atoms with Gasteiger partial charge in [-0.2, -0.15) is 0 Å². The quantitative estimate of drug-likeness (QED) is 0.624. The van der Waals surface area contributed by atoms with Crippen molar-refractivity contribution in [1.29, 1.82) is 0 Å². The van der Waals surface area contributed by atoms with Gasteiger partial charge in [-0.25, -0.2) is 4.39 Å². The molecule has 0 radical (unpaired) electrons. The lowest BCUT2D eigenvalue weighted by atomic mass is 9.93. The maximum Gasteiger partial charge on any atom is 0.306 e. The van der Waals surface area contributed by atoms with Crippen molar-refractivity contribution in [2.45, 2.75) is 58.3 Å². The Kier molecular flexibility index (Phi) is 7.93. The number of hydrogen-bond donors (Lipinski definition) is 1. The van der Waals surface area contributed by atoms with Gasteiger partial charge in [-0.3, -0.25) is 4.79 Å². The van der Waals surface area contributed by atoms with Gasteiger partial charge in [0.25, 0.3) is 0 Å².